The molecule has 0 saturated heterocycles. The minimum atomic E-state index is 1.07. The van der Waals surface area contributed by atoms with E-state index < -0.39 is 0 Å². The van der Waals surface area contributed by atoms with E-state index in [4.69, 9.17) is 0 Å². The summed E-state index contributed by atoms with van der Waals surface area (Å²) in [4.78, 5) is 2.44. The van der Waals surface area contributed by atoms with Crippen molar-refractivity contribution in [1.29, 1.82) is 0 Å². The molecule has 0 fully saturated rings. The summed E-state index contributed by atoms with van der Waals surface area (Å²) in [5.41, 5.74) is 16.3. The molecule has 10 aromatic carbocycles. The number of rotatable bonds is 8. The predicted molar refractivity (Wildman–Crippen MR) is 255 cm³/mol. The second kappa shape index (κ2) is 15.1. The molecule has 11 rings (SSSR count). The Kier molecular flexibility index (Phi) is 8.87. The van der Waals surface area contributed by atoms with Gasteiger partial charge in [0.1, 0.15) is 0 Å². The largest absolute Gasteiger partial charge is 0.310 e. The average Bonchev–Trinajstić information content (AvgIpc) is 3.66. The van der Waals surface area contributed by atoms with Crippen LogP contribution in [0.2, 0.25) is 0 Å². The highest BCUT2D eigenvalue weighted by molar-refractivity contribution is 6.13. The van der Waals surface area contributed by atoms with Crippen molar-refractivity contribution in [1.82, 2.24) is 4.57 Å². The van der Waals surface area contributed by atoms with Crippen LogP contribution in [0.3, 0.4) is 0 Å². The smallest absolute Gasteiger partial charge is 0.0618 e. The zero-order valence-corrected chi connectivity index (χ0v) is 33.0. The van der Waals surface area contributed by atoms with E-state index in [-0.39, 0.29) is 0 Å². The van der Waals surface area contributed by atoms with E-state index in [0.29, 0.717) is 0 Å². The summed E-state index contributed by atoms with van der Waals surface area (Å²) in [5.74, 6) is 0. The molecule has 0 atom stereocenters. The van der Waals surface area contributed by atoms with Gasteiger partial charge in [0.2, 0.25) is 0 Å². The van der Waals surface area contributed by atoms with E-state index in [2.05, 4.69) is 252 Å². The molecular formula is C58H40N2. The van der Waals surface area contributed by atoms with Gasteiger partial charge in [-0.3, -0.25) is 0 Å². The molecule has 0 spiro atoms. The number of anilines is 3. The Hall–Kier alpha value is -7.94. The Bertz CT molecular complexity index is 3290. The van der Waals surface area contributed by atoms with Gasteiger partial charge in [0.05, 0.1) is 22.4 Å². The van der Waals surface area contributed by atoms with E-state index in [1.54, 1.807) is 0 Å². The van der Waals surface area contributed by atoms with E-state index in [1.807, 2.05) is 0 Å². The maximum atomic E-state index is 2.51. The van der Waals surface area contributed by atoms with Crippen LogP contribution in [0.15, 0.2) is 243 Å². The van der Waals surface area contributed by atoms with Crippen molar-refractivity contribution < 1.29 is 0 Å². The summed E-state index contributed by atoms with van der Waals surface area (Å²) in [7, 11) is 0. The van der Waals surface area contributed by atoms with Gasteiger partial charge in [-0.05, 0) is 75.2 Å². The lowest BCUT2D eigenvalue weighted by Crippen LogP contribution is -2.11. The zero-order valence-electron chi connectivity index (χ0n) is 33.0. The predicted octanol–water partition coefficient (Wildman–Crippen LogP) is 16.1. The van der Waals surface area contributed by atoms with E-state index in [0.717, 1.165) is 28.1 Å². The highest BCUT2D eigenvalue weighted by atomic mass is 15.1. The molecule has 0 aliphatic rings. The second-order valence-electron chi connectivity index (χ2n) is 15.3. The molecule has 282 valence electrons. The van der Waals surface area contributed by atoms with Crippen LogP contribution in [0.1, 0.15) is 0 Å². The second-order valence-corrected chi connectivity index (χ2v) is 15.3. The van der Waals surface area contributed by atoms with Crippen LogP contribution in [-0.2, 0) is 0 Å². The van der Waals surface area contributed by atoms with Crippen molar-refractivity contribution in [2.75, 3.05) is 4.90 Å². The SMILES string of the molecule is c1ccc(-c2ccc(N(c3ccc4c5ccccc5n(-c5c(-c6ccccc6)ccc6ccccc56)c4c3)c3ccccc3-c3ccccc3-c3ccccc3)cc2)cc1. The first-order valence-corrected chi connectivity index (χ1v) is 20.6. The molecular weight excluding hydrogens is 725 g/mol. The van der Waals surface area contributed by atoms with Crippen molar-refractivity contribution >= 4 is 49.6 Å². The standard InChI is InChI=1S/C58H40N2/c1-4-18-41(19-5-1)42-32-35-46(36-33-42)59(55-30-16-14-28-52(55)51-27-13-12-25-48(51)43-20-6-2-7-21-43)47-37-39-54-53-29-15-17-31-56(53)60(57(54)40-47)58-49-26-11-10-24-45(49)34-38-50(58)44-22-8-3-9-23-44/h1-40H. The monoisotopic (exact) mass is 764 g/mol. The van der Waals surface area contributed by atoms with Crippen molar-refractivity contribution in [2.24, 2.45) is 0 Å². The minimum absolute atomic E-state index is 1.07. The fourth-order valence-electron chi connectivity index (χ4n) is 9.03. The lowest BCUT2D eigenvalue weighted by molar-refractivity contribution is 1.19. The van der Waals surface area contributed by atoms with Gasteiger partial charge >= 0.3 is 0 Å². The van der Waals surface area contributed by atoms with Gasteiger partial charge in [-0.1, -0.05) is 206 Å². The Labute approximate surface area is 350 Å². The van der Waals surface area contributed by atoms with Gasteiger partial charge in [0.25, 0.3) is 0 Å². The molecule has 0 saturated carbocycles. The Morgan fingerprint density at radius 2 is 0.800 bits per heavy atom. The number of hydrogen-bond donors (Lipinski definition) is 0. The maximum absolute atomic E-state index is 2.51. The summed E-state index contributed by atoms with van der Waals surface area (Å²) in [6, 6.07) is 87.9. The molecule has 11 aromatic rings. The number of para-hydroxylation sites is 2. The van der Waals surface area contributed by atoms with Crippen LogP contribution in [0.25, 0.3) is 82.8 Å². The molecule has 0 unspecified atom stereocenters. The zero-order chi connectivity index (χ0) is 39.8. The first-order chi connectivity index (χ1) is 29.8. The van der Waals surface area contributed by atoms with Gasteiger partial charge < -0.3 is 9.47 Å². The molecule has 0 radical (unpaired) electrons. The molecule has 1 heterocycles. The molecule has 0 aliphatic carbocycles. The number of fused-ring (bicyclic) bond motifs is 4. The van der Waals surface area contributed by atoms with Gasteiger partial charge in [-0.2, -0.15) is 0 Å². The first kappa shape index (κ1) is 35.2. The van der Waals surface area contributed by atoms with E-state index in [1.165, 1.54) is 71.7 Å². The minimum Gasteiger partial charge on any atom is -0.310 e. The summed E-state index contributed by atoms with van der Waals surface area (Å²) >= 11 is 0. The van der Waals surface area contributed by atoms with Crippen LogP contribution in [-0.4, -0.2) is 4.57 Å². The van der Waals surface area contributed by atoms with Crippen LogP contribution in [0.4, 0.5) is 17.1 Å². The number of nitrogens with zero attached hydrogens (tertiary/aromatic N) is 2. The summed E-state index contributed by atoms with van der Waals surface area (Å²) in [6.07, 6.45) is 0. The quantitative estimate of drug-likeness (QED) is 0.150. The molecule has 0 amide bonds. The topological polar surface area (TPSA) is 8.17 Å². The number of aromatic nitrogens is 1. The molecule has 60 heavy (non-hydrogen) atoms. The third-order valence-corrected chi connectivity index (χ3v) is 11.8. The van der Waals surface area contributed by atoms with Crippen LogP contribution in [0, 0.1) is 0 Å². The molecule has 2 heteroatoms. The molecule has 0 aliphatic heterocycles. The summed E-state index contributed by atoms with van der Waals surface area (Å²) in [6.45, 7) is 0. The van der Waals surface area contributed by atoms with Gasteiger partial charge in [0.15, 0.2) is 0 Å². The molecule has 0 bridgehead atoms. The molecule has 2 nitrogen and oxygen atoms in total. The fourth-order valence-corrected chi connectivity index (χ4v) is 9.03. The fraction of sp³-hybridized carbons (Fsp3) is 0. The van der Waals surface area contributed by atoms with Crippen molar-refractivity contribution in [3.8, 4) is 50.2 Å². The van der Waals surface area contributed by atoms with E-state index >= 15 is 0 Å². The summed E-state index contributed by atoms with van der Waals surface area (Å²) < 4.78 is 2.51. The molecule has 0 N–H and O–H groups in total. The third-order valence-electron chi connectivity index (χ3n) is 11.8. The lowest BCUT2D eigenvalue weighted by atomic mass is 9.93. The van der Waals surface area contributed by atoms with Gasteiger partial charge in [-0.25, -0.2) is 0 Å². The van der Waals surface area contributed by atoms with Gasteiger partial charge in [-0.15, -0.1) is 0 Å². The Morgan fingerprint density at radius 1 is 0.283 bits per heavy atom. The lowest BCUT2D eigenvalue weighted by Gasteiger charge is -2.29. The van der Waals surface area contributed by atoms with Gasteiger partial charge in [0, 0.05) is 38.7 Å². The van der Waals surface area contributed by atoms with Crippen molar-refractivity contribution in [3.63, 3.8) is 0 Å². The highest BCUT2D eigenvalue weighted by Gasteiger charge is 2.23. The first-order valence-electron chi connectivity index (χ1n) is 20.6. The highest BCUT2D eigenvalue weighted by Crippen LogP contribution is 2.46. The number of benzene rings is 10. The number of hydrogen-bond acceptors (Lipinski definition) is 1. The van der Waals surface area contributed by atoms with Crippen molar-refractivity contribution in [3.05, 3.63) is 243 Å². The van der Waals surface area contributed by atoms with E-state index in [9.17, 15) is 0 Å². The third kappa shape index (κ3) is 6.14. The van der Waals surface area contributed by atoms with Crippen LogP contribution >= 0.6 is 0 Å². The average molecular weight is 765 g/mol. The maximum Gasteiger partial charge on any atom is 0.0618 e. The Morgan fingerprint density at radius 3 is 1.53 bits per heavy atom. The van der Waals surface area contributed by atoms with Crippen LogP contribution < -0.4 is 4.90 Å². The van der Waals surface area contributed by atoms with Crippen LogP contribution in [0.5, 0.6) is 0 Å². The normalized spacial score (nSPS) is 11.3. The van der Waals surface area contributed by atoms with Crippen molar-refractivity contribution in [2.45, 2.75) is 0 Å². The molecule has 1 aromatic heterocycles. The Balaban J connectivity index is 1.19. The summed E-state index contributed by atoms with van der Waals surface area (Å²) in [5, 5.41) is 4.86.